The topological polar surface area (TPSA) is 57.5 Å². The van der Waals surface area contributed by atoms with Gasteiger partial charge in [0.2, 0.25) is 0 Å². The Morgan fingerprint density at radius 2 is 2.23 bits per heavy atom. The molecule has 0 spiro atoms. The second-order valence-corrected chi connectivity index (χ2v) is 3.05. The van der Waals surface area contributed by atoms with Gasteiger partial charge in [0.15, 0.2) is 0 Å². The van der Waals surface area contributed by atoms with E-state index < -0.39 is 6.10 Å². The smallest absolute Gasteiger partial charge is 0.150 e. The molecule has 1 aromatic rings. The van der Waals surface area contributed by atoms with E-state index in [0.717, 1.165) is 6.29 Å². The molecule has 0 radical (unpaired) electrons. The van der Waals surface area contributed by atoms with Gasteiger partial charge in [-0.1, -0.05) is 0 Å². The quantitative estimate of drug-likeness (QED) is 0.685. The van der Waals surface area contributed by atoms with Gasteiger partial charge in [-0.3, -0.25) is 4.79 Å². The van der Waals surface area contributed by atoms with Crippen molar-refractivity contribution in [1.82, 2.24) is 0 Å². The minimum atomic E-state index is -0.513. The number of aliphatic hydroxyl groups excluding tert-OH is 1. The third kappa shape index (κ3) is 2.56. The van der Waals surface area contributed by atoms with E-state index in [2.05, 4.69) is 0 Å². The van der Waals surface area contributed by atoms with E-state index in [9.17, 15) is 4.79 Å². The van der Waals surface area contributed by atoms with Crippen molar-refractivity contribution in [3.8, 4) is 5.75 Å². The summed E-state index contributed by atoms with van der Waals surface area (Å²) < 4.78 is 0. The SMILES string of the molecule is CC(O)Cc1cc(O)ccc1C=O. The summed E-state index contributed by atoms with van der Waals surface area (Å²) in [6.45, 7) is 1.64. The lowest BCUT2D eigenvalue weighted by Gasteiger charge is -2.07. The van der Waals surface area contributed by atoms with E-state index in [1.54, 1.807) is 13.0 Å². The van der Waals surface area contributed by atoms with Crippen LogP contribution in [0.3, 0.4) is 0 Å². The molecule has 1 atom stereocenters. The van der Waals surface area contributed by atoms with E-state index in [1.807, 2.05) is 0 Å². The third-order valence-electron chi connectivity index (χ3n) is 1.77. The van der Waals surface area contributed by atoms with Crippen molar-refractivity contribution in [2.45, 2.75) is 19.4 Å². The van der Waals surface area contributed by atoms with Crippen LogP contribution in [0.5, 0.6) is 5.75 Å². The molecule has 0 fully saturated rings. The zero-order valence-electron chi connectivity index (χ0n) is 7.40. The van der Waals surface area contributed by atoms with Crippen molar-refractivity contribution in [2.75, 3.05) is 0 Å². The molecule has 3 nitrogen and oxygen atoms in total. The fourth-order valence-electron chi connectivity index (χ4n) is 1.20. The van der Waals surface area contributed by atoms with Gasteiger partial charge in [0.1, 0.15) is 12.0 Å². The van der Waals surface area contributed by atoms with Crippen LogP contribution in [-0.2, 0) is 6.42 Å². The standard InChI is InChI=1S/C10H12O3/c1-7(12)4-9-5-10(13)3-2-8(9)6-11/h2-3,5-7,12-13H,4H2,1H3. The highest BCUT2D eigenvalue weighted by molar-refractivity contribution is 5.77. The Morgan fingerprint density at radius 3 is 2.77 bits per heavy atom. The fraction of sp³-hybridized carbons (Fsp3) is 0.300. The number of carbonyl (C=O) groups excluding carboxylic acids is 1. The predicted molar refractivity (Wildman–Crippen MR) is 48.9 cm³/mol. The molecule has 2 N–H and O–H groups in total. The minimum absolute atomic E-state index is 0.112. The molecule has 0 heterocycles. The summed E-state index contributed by atoms with van der Waals surface area (Å²) in [4.78, 5) is 10.6. The number of aromatic hydroxyl groups is 1. The number of carbonyl (C=O) groups is 1. The van der Waals surface area contributed by atoms with Crippen molar-refractivity contribution >= 4 is 6.29 Å². The van der Waals surface area contributed by atoms with Gasteiger partial charge in [-0.05, 0) is 37.1 Å². The number of phenolic OH excluding ortho intramolecular Hbond substituents is 1. The number of aliphatic hydroxyl groups is 1. The van der Waals surface area contributed by atoms with Crippen molar-refractivity contribution in [3.63, 3.8) is 0 Å². The van der Waals surface area contributed by atoms with E-state index in [1.165, 1.54) is 12.1 Å². The van der Waals surface area contributed by atoms with Crippen molar-refractivity contribution in [3.05, 3.63) is 29.3 Å². The molecule has 70 valence electrons. The predicted octanol–water partition coefficient (Wildman–Crippen LogP) is 1.13. The van der Waals surface area contributed by atoms with Gasteiger partial charge in [0.25, 0.3) is 0 Å². The number of phenols is 1. The maximum atomic E-state index is 10.6. The van der Waals surface area contributed by atoms with Crippen LogP contribution < -0.4 is 0 Å². The van der Waals surface area contributed by atoms with E-state index in [4.69, 9.17) is 10.2 Å². The number of benzene rings is 1. The van der Waals surface area contributed by atoms with Crippen molar-refractivity contribution in [2.24, 2.45) is 0 Å². The Morgan fingerprint density at radius 1 is 1.54 bits per heavy atom. The normalized spacial score (nSPS) is 12.5. The van der Waals surface area contributed by atoms with Crippen molar-refractivity contribution < 1.29 is 15.0 Å². The third-order valence-corrected chi connectivity index (χ3v) is 1.77. The molecule has 0 saturated carbocycles. The van der Waals surface area contributed by atoms with Crippen LogP contribution in [0.15, 0.2) is 18.2 Å². The lowest BCUT2D eigenvalue weighted by molar-refractivity contribution is 0.112. The first-order chi connectivity index (χ1) is 6.13. The molecule has 13 heavy (non-hydrogen) atoms. The molecule has 3 heteroatoms. The molecule has 1 rings (SSSR count). The van der Waals surface area contributed by atoms with E-state index in [0.29, 0.717) is 17.5 Å². The van der Waals surface area contributed by atoms with Crippen LogP contribution in [0.2, 0.25) is 0 Å². The minimum Gasteiger partial charge on any atom is -0.508 e. The highest BCUT2D eigenvalue weighted by Crippen LogP contribution is 2.16. The maximum Gasteiger partial charge on any atom is 0.150 e. The van der Waals surface area contributed by atoms with E-state index in [-0.39, 0.29) is 5.75 Å². The molecule has 0 aliphatic rings. The Balaban J connectivity index is 3.01. The molecule has 0 bridgehead atoms. The second-order valence-electron chi connectivity index (χ2n) is 3.05. The Labute approximate surface area is 76.6 Å². The molecule has 1 aromatic carbocycles. The summed E-state index contributed by atoms with van der Waals surface area (Å²) in [6, 6.07) is 4.49. The summed E-state index contributed by atoms with van der Waals surface area (Å²) in [5.41, 5.74) is 1.18. The lowest BCUT2D eigenvalue weighted by atomic mass is 10.0. The first-order valence-electron chi connectivity index (χ1n) is 4.08. The Bertz CT molecular complexity index is 305. The first-order valence-corrected chi connectivity index (χ1v) is 4.08. The summed E-state index contributed by atoms with van der Waals surface area (Å²) in [5.74, 6) is 0.112. The van der Waals surface area contributed by atoms with Crippen LogP contribution in [0, 0.1) is 0 Å². The van der Waals surface area contributed by atoms with Crippen LogP contribution in [-0.4, -0.2) is 22.6 Å². The van der Waals surface area contributed by atoms with Crippen LogP contribution in [0.1, 0.15) is 22.8 Å². The largest absolute Gasteiger partial charge is 0.508 e. The molecular formula is C10H12O3. The Hall–Kier alpha value is -1.35. The average Bonchev–Trinajstić information content (AvgIpc) is 2.03. The second kappa shape index (κ2) is 4.05. The van der Waals surface area contributed by atoms with Crippen molar-refractivity contribution in [1.29, 1.82) is 0 Å². The zero-order chi connectivity index (χ0) is 9.84. The van der Waals surface area contributed by atoms with Crippen LogP contribution >= 0.6 is 0 Å². The summed E-state index contributed by atoms with van der Waals surface area (Å²) >= 11 is 0. The summed E-state index contributed by atoms with van der Waals surface area (Å²) in [6.07, 6.45) is 0.583. The van der Waals surface area contributed by atoms with Gasteiger partial charge < -0.3 is 10.2 Å². The number of hydrogen-bond donors (Lipinski definition) is 2. The molecule has 1 unspecified atom stereocenters. The van der Waals surface area contributed by atoms with Gasteiger partial charge in [-0.2, -0.15) is 0 Å². The lowest BCUT2D eigenvalue weighted by Crippen LogP contribution is -2.06. The van der Waals surface area contributed by atoms with Gasteiger partial charge in [-0.25, -0.2) is 0 Å². The highest BCUT2D eigenvalue weighted by Gasteiger charge is 2.05. The summed E-state index contributed by atoms with van der Waals surface area (Å²) in [5, 5.41) is 18.3. The van der Waals surface area contributed by atoms with Gasteiger partial charge in [-0.15, -0.1) is 0 Å². The van der Waals surface area contributed by atoms with Crippen LogP contribution in [0.4, 0.5) is 0 Å². The monoisotopic (exact) mass is 180 g/mol. The first kappa shape index (κ1) is 9.74. The number of rotatable bonds is 3. The molecule has 0 saturated heterocycles. The molecule has 0 aliphatic carbocycles. The van der Waals surface area contributed by atoms with E-state index >= 15 is 0 Å². The van der Waals surface area contributed by atoms with Crippen LogP contribution in [0.25, 0.3) is 0 Å². The number of hydrogen-bond acceptors (Lipinski definition) is 3. The number of aldehydes is 1. The van der Waals surface area contributed by atoms with Gasteiger partial charge >= 0.3 is 0 Å². The zero-order valence-corrected chi connectivity index (χ0v) is 7.40. The molecule has 0 aliphatic heterocycles. The average molecular weight is 180 g/mol. The summed E-state index contributed by atoms with van der Waals surface area (Å²) in [7, 11) is 0. The molecule has 0 aromatic heterocycles. The highest BCUT2D eigenvalue weighted by atomic mass is 16.3. The molecule has 0 amide bonds. The fourth-order valence-corrected chi connectivity index (χ4v) is 1.20. The van der Waals surface area contributed by atoms with Gasteiger partial charge in [0.05, 0.1) is 6.10 Å². The Kier molecular flexibility index (Phi) is 3.03. The van der Waals surface area contributed by atoms with Gasteiger partial charge in [0, 0.05) is 5.56 Å². The maximum absolute atomic E-state index is 10.6. The molecular weight excluding hydrogens is 168 g/mol.